The number of hydrogen-bond acceptors (Lipinski definition) is 3. The predicted octanol–water partition coefficient (Wildman–Crippen LogP) is 8.54. The van der Waals surface area contributed by atoms with Crippen molar-refractivity contribution in [2.45, 2.75) is 46.4 Å². The first kappa shape index (κ1) is 18.4. The maximum Gasteiger partial charge on any atom is 0.227 e. The maximum atomic E-state index is 7.77. The molecule has 0 saturated heterocycles. The lowest BCUT2D eigenvalue weighted by Crippen LogP contribution is -2.08. The minimum Gasteiger partial charge on any atom is -0.437 e. The van der Waals surface area contributed by atoms with Crippen LogP contribution < -0.4 is 0 Å². The van der Waals surface area contributed by atoms with E-state index in [4.69, 9.17) is 13.5 Å². The summed E-state index contributed by atoms with van der Waals surface area (Å²) in [6.07, 6.45) is 0. The first-order valence-electron chi connectivity index (χ1n) is 13.6. The largest absolute Gasteiger partial charge is 0.437 e. The number of benzene rings is 3. The third-order valence-electron chi connectivity index (χ3n) is 6.73. The molecule has 4 heteroatoms. The lowest BCUT2D eigenvalue weighted by atomic mass is 9.92. The van der Waals surface area contributed by atoms with E-state index in [1.807, 2.05) is 36.4 Å². The van der Waals surface area contributed by atoms with E-state index >= 15 is 0 Å². The molecule has 0 unspecified atom stereocenters. The second-order valence-electron chi connectivity index (χ2n) is 9.69. The number of rotatable bonds is 4. The minimum atomic E-state index is -2.31. The Morgan fingerprint density at radius 3 is 2.26 bits per heavy atom. The van der Waals surface area contributed by atoms with Crippen molar-refractivity contribution >= 4 is 33.1 Å². The van der Waals surface area contributed by atoms with E-state index < -0.39 is 6.85 Å². The van der Waals surface area contributed by atoms with Crippen molar-refractivity contribution in [3.05, 3.63) is 89.6 Å². The van der Waals surface area contributed by atoms with Crippen LogP contribution in [0.25, 0.3) is 50.2 Å². The number of fused-ring (bicyclic) bond motifs is 4. The van der Waals surface area contributed by atoms with E-state index in [2.05, 4.69) is 61.5 Å². The standard InChI is InChI=1S/C31H29N3O/c1-18(2)21-10-8-11-22(19(3)4)28(21)34-27-15-7-6-14-26(27)33-30(34)25-13-9-12-23-24-17-16-20(5)32-31(24)35-29(23)25/h6-19H,1-5H3/i5D3. The van der Waals surface area contributed by atoms with E-state index in [1.54, 1.807) is 12.1 Å². The molecular formula is C31H29N3O. The van der Waals surface area contributed by atoms with Gasteiger partial charge in [-0.1, -0.05) is 70.2 Å². The molecule has 6 rings (SSSR count). The molecule has 0 spiro atoms. The van der Waals surface area contributed by atoms with Gasteiger partial charge in [-0.05, 0) is 60.1 Å². The van der Waals surface area contributed by atoms with Gasteiger partial charge in [0.05, 0.1) is 22.3 Å². The Morgan fingerprint density at radius 2 is 1.51 bits per heavy atom. The highest BCUT2D eigenvalue weighted by Gasteiger charge is 2.24. The Balaban J connectivity index is 1.71. The summed E-state index contributed by atoms with van der Waals surface area (Å²) in [6.45, 7) is 6.56. The molecule has 35 heavy (non-hydrogen) atoms. The molecule has 0 aliphatic rings. The Kier molecular flexibility index (Phi) is 4.26. The van der Waals surface area contributed by atoms with Crippen molar-refractivity contribution in [3.8, 4) is 17.1 Å². The zero-order valence-electron chi connectivity index (χ0n) is 23.3. The number of nitrogens with zero attached hydrogens (tertiary/aromatic N) is 3. The number of aromatic nitrogens is 3. The third kappa shape index (κ3) is 3.35. The summed E-state index contributed by atoms with van der Waals surface area (Å²) in [5, 5.41) is 1.66. The first-order chi connectivity index (χ1) is 18.1. The number of para-hydroxylation sites is 4. The molecule has 0 saturated carbocycles. The van der Waals surface area contributed by atoms with Crippen LogP contribution in [0.15, 0.2) is 77.2 Å². The van der Waals surface area contributed by atoms with Crippen LogP contribution in [0.4, 0.5) is 0 Å². The number of imidazole rings is 1. The van der Waals surface area contributed by atoms with Crippen LogP contribution in [-0.2, 0) is 0 Å². The van der Waals surface area contributed by atoms with Crippen LogP contribution in [0, 0.1) is 6.85 Å². The van der Waals surface area contributed by atoms with Gasteiger partial charge < -0.3 is 4.42 Å². The smallest absolute Gasteiger partial charge is 0.227 e. The molecule has 3 aromatic carbocycles. The highest BCUT2D eigenvalue weighted by molar-refractivity contribution is 6.08. The van der Waals surface area contributed by atoms with Crippen LogP contribution in [0.2, 0.25) is 0 Å². The van der Waals surface area contributed by atoms with Gasteiger partial charge in [-0.3, -0.25) is 4.57 Å². The van der Waals surface area contributed by atoms with Gasteiger partial charge in [-0.25, -0.2) is 9.97 Å². The topological polar surface area (TPSA) is 43.9 Å². The molecule has 0 aliphatic carbocycles. The zero-order chi connectivity index (χ0) is 26.8. The van der Waals surface area contributed by atoms with E-state index in [9.17, 15) is 0 Å². The Labute approximate surface area is 209 Å². The molecule has 0 N–H and O–H groups in total. The molecule has 0 fully saturated rings. The monoisotopic (exact) mass is 462 g/mol. The van der Waals surface area contributed by atoms with E-state index in [0.717, 1.165) is 38.9 Å². The summed E-state index contributed by atoms with van der Waals surface area (Å²) in [5.41, 5.74) is 7.38. The molecule has 174 valence electrons. The molecule has 0 amide bonds. The lowest BCUT2D eigenvalue weighted by molar-refractivity contribution is 0.653. The number of aryl methyl sites for hydroxylation is 1. The second kappa shape index (κ2) is 8.09. The van der Waals surface area contributed by atoms with Crippen LogP contribution in [0.1, 0.15) is 60.5 Å². The predicted molar refractivity (Wildman–Crippen MR) is 144 cm³/mol. The van der Waals surface area contributed by atoms with Gasteiger partial charge in [-0.15, -0.1) is 0 Å². The normalized spacial score (nSPS) is 13.7. The van der Waals surface area contributed by atoms with Crippen molar-refractivity contribution in [2.75, 3.05) is 0 Å². The van der Waals surface area contributed by atoms with Crippen LogP contribution >= 0.6 is 0 Å². The molecule has 6 aromatic rings. The fourth-order valence-electron chi connectivity index (χ4n) is 5.06. The van der Waals surface area contributed by atoms with Gasteiger partial charge in [0.2, 0.25) is 5.71 Å². The van der Waals surface area contributed by atoms with E-state index in [-0.39, 0.29) is 5.69 Å². The SMILES string of the molecule is [2H]C([2H])([2H])c1ccc2c(n1)oc1c(-c3nc4ccccc4n3-c3c(C(C)C)cccc3C(C)C)cccc12. The summed E-state index contributed by atoms with van der Waals surface area (Å²) in [7, 11) is 0. The van der Waals surface area contributed by atoms with Gasteiger partial charge >= 0.3 is 0 Å². The fourth-order valence-corrected chi connectivity index (χ4v) is 5.06. The van der Waals surface area contributed by atoms with Gasteiger partial charge in [0, 0.05) is 20.6 Å². The molecule has 4 nitrogen and oxygen atoms in total. The lowest BCUT2D eigenvalue weighted by Gasteiger charge is -2.22. The van der Waals surface area contributed by atoms with Crippen LogP contribution in [-0.4, -0.2) is 14.5 Å². The van der Waals surface area contributed by atoms with Crippen molar-refractivity contribution in [1.82, 2.24) is 14.5 Å². The van der Waals surface area contributed by atoms with Gasteiger partial charge in [0.25, 0.3) is 0 Å². The van der Waals surface area contributed by atoms with Gasteiger partial charge in [0.1, 0.15) is 11.4 Å². The zero-order valence-corrected chi connectivity index (χ0v) is 20.3. The number of hydrogen-bond donors (Lipinski definition) is 0. The summed E-state index contributed by atoms with van der Waals surface area (Å²) < 4.78 is 31.9. The van der Waals surface area contributed by atoms with Crippen molar-refractivity contribution < 1.29 is 8.53 Å². The third-order valence-corrected chi connectivity index (χ3v) is 6.73. The van der Waals surface area contributed by atoms with Crippen molar-refractivity contribution in [3.63, 3.8) is 0 Å². The van der Waals surface area contributed by atoms with Gasteiger partial charge in [-0.2, -0.15) is 0 Å². The first-order valence-corrected chi connectivity index (χ1v) is 12.1. The molecular weight excluding hydrogens is 430 g/mol. The molecule has 3 aromatic heterocycles. The van der Waals surface area contributed by atoms with Crippen LogP contribution in [0.3, 0.4) is 0 Å². The van der Waals surface area contributed by atoms with E-state index in [1.165, 1.54) is 11.1 Å². The molecule has 0 aliphatic heterocycles. The summed E-state index contributed by atoms with van der Waals surface area (Å²) >= 11 is 0. The fraction of sp³-hybridized carbons (Fsp3) is 0.226. The molecule has 0 atom stereocenters. The van der Waals surface area contributed by atoms with E-state index in [0.29, 0.717) is 23.1 Å². The average Bonchev–Trinajstić information content (AvgIpc) is 3.45. The molecule has 3 heterocycles. The minimum absolute atomic E-state index is 0.0188. The van der Waals surface area contributed by atoms with Crippen LogP contribution in [0.5, 0.6) is 0 Å². The van der Waals surface area contributed by atoms with Crippen molar-refractivity contribution in [2.24, 2.45) is 0 Å². The molecule has 0 bridgehead atoms. The maximum absolute atomic E-state index is 7.77. The quantitative estimate of drug-likeness (QED) is 0.264. The summed E-state index contributed by atoms with van der Waals surface area (Å²) in [4.78, 5) is 9.49. The summed E-state index contributed by atoms with van der Waals surface area (Å²) in [6, 6.07) is 24.1. The van der Waals surface area contributed by atoms with Gasteiger partial charge in [0.15, 0.2) is 0 Å². The van der Waals surface area contributed by atoms with Crippen molar-refractivity contribution in [1.29, 1.82) is 0 Å². The molecule has 0 radical (unpaired) electrons. The number of pyridine rings is 1. The average molecular weight is 463 g/mol. The second-order valence-corrected chi connectivity index (χ2v) is 9.69. The Hall–Kier alpha value is -3.92. The Bertz CT molecular complexity index is 1800. The highest BCUT2D eigenvalue weighted by atomic mass is 16.3. The summed E-state index contributed by atoms with van der Waals surface area (Å²) in [5.74, 6) is 1.39. The Morgan fingerprint density at radius 1 is 0.771 bits per heavy atom. The highest BCUT2D eigenvalue weighted by Crippen LogP contribution is 2.40. The number of furan rings is 1.